The molecule has 2 fully saturated rings. The number of hydrogen-bond donors (Lipinski definition) is 3. The third-order valence-corrected chi connectivity index (χ3v) is 10.7. The van der Waals surface area contributed by atoms with Crippen molar-refractivity contribution in [2.45, 2.75) is 68.5 Å². The van der Waals surface area contributed by atoms with Crippen LogP contribution in [0.2, 0.25) is 0 Å². The number of hydrogen-bond acceptors (Lipinski definition) is 7. The number of halogens is 3. The Balaban J connectivity index is 1.18. The van der Waals surface area contributed by atoms with Gasteiger partial charge in [-0.05, 0) is 77.1 Å². The van der Waals surface area contributed by atoms with Gasteiger partial charge in [-0.2, -0.15) is 13.2 Å². The van der Waals surface area contributed by atoms with Crippen molar-refractivity contribution in [2.75, 3.05) is 12.3 Å². The zero-order chi connectivity index (χ0) is 37.7. The van der Waals surface area contributed by atoms with E-state index in [1.54, 1.807) is 42.1 Å². The molecule has 6 rings (SSSR count). The minimum Gasteiger partial charge on any atom is -0.478 e. The zero-order valence-electron chi connectivity index (χ0n) is 28.8. The van der Waals surface area contributed by atoms with E-state index in [1.165, 1.54) is 0 Å². The molecule has 0 aromatic heterocycles. The number of carboxylic acids is 1. The van der Waals surface area contributed by atoms with Gasteiger partial charge in [-0.25, -0.2) is 4.79 Å². The summed E-state index contributed by atoms with van der Waals surface area (Å²) in [6.07, 6.45) is -5.87. The van der Waals surface area contributed by atoms with Crippen LogP contribution in [-0.2, 0) is 32.2 Å². The van der Waals surface area contributed by atoms with Crippen LogP contribution in [0, 0.1) is 5.92 Å². The molecule has 0 saturated carbocycles. The molecule has 2 aliphatic rings. The first-order chi connectivity index (χ1) is 25.4. The summed E-state index contributed by atoms with van der Waals surface area (Å²) >= 11 is 1.56. The predicted molar refractivity (Wildman–Crippen MR) is 192 cm³/mol. The normalized spacial score (nSPS) is 21.7. The van der Waals surface area contributed by atoms with Crippen LogP contribution >= 0.6 is 11.8 Å². The summed E-state index contributed by atoms with van der Waals surface area (Å²) in [5.74, 6) is -3.09. The Morgan fingerprint density at radius 2 is 1.58 bits per heavy atom. The number of aliphatic hydroxyl groups is 1. The number of nitrogens with zero attached hydrogens (tertiary/aromatic N) is 1. The van der Waals surface area contributed by atoms with Crippen LogP contribution in [-0.4, -0.2) is 63.5 Å². The van der Waals surface area contributed by atoms with Gasteiger partial charge < -0.3 is 29.9 Å². The molecular weight excluding hydrogens is 710 g/mol. The Hall–Kier alpha value is -4.69. The first kappa shape index (κ1) is 38.0. The molecule has 13 heteroatoms. The molecule has 5 atom stereocenters. The number of aromatic carboxylic acids is 1. The first-order valence-electron chi connectivity index (χ1n) is 17.2. The Labute approximate surface area is 309 Å². The molecule has 53 heavy (non-hydrogen) atoms. The Bertz CT molecular complexity index is 1920. The molecule has 2 amide bonds. The standard InChI is InChI=1S/C40H39F3N2O7S/c1-24-34(23-53-32-16-14-28(15-17-32)37(48)49)51-38(52-35(24)27-12-10-25(22-46)11-13-27)31-8-3-7-30(20-31)29-6-2-5-26(19-29)21-44-36(47)33-9-4-18-45(33)39(50)40(41,42)43/h2-3,5-8,10-17,19-20,24,33-35,38,46H,4,9,18,21-23H2,1H3,(H,44,47)(H,48,49)/t24-,33+,34+,35+,38+/m1/s1. The molecule has 0 bridgehead atoms. The number of carbonyl (C=O) groups excluding carboxylic acids is 2. The predicted octanol–water partition coefficient (Wildman–Crippen LogP) is 7.30. The second-order valence-electron chi connectivity index (χ2n) is 13.2. The average Bonchev–Trinajstić information content (AvgIpc) is 3.66. The highest BCUT2D eigenvalue weighted by molar-refractivity contribution is 7.99. The highest BCUT2D eigenvalue weighted by atomic mass is 32.2. The summed E-state index contributed by atoms with van der Waals surface area (Å²) in [6.45, 7) is 1.95. The van der Waals surface area contributed by atoms with E-state index in [-0.39, 0.29) is 49.8 Å². The van der Waals surface area contributed by atoms with Crippen LogP contribution in [0.5, 0.6) is 0 Å². The maximum atomic E-state index is 13.1. The molecule has 3 N–H and O–H groups in total. The number of amides is 2. The molecule has 278 valence electrons. The molecule has 4 aromatic rings. The number of likely N-dealkylation sites (tertiary alicyclic amines) is 1. The van der Waals surface area contributed by atoms with E-state index in [1.807, 2.05) is 66.7 Å². The lowest BCUT2D eigenvalue weighted by molar-refractivity contribution is -0.268. The van der Waals surface area contributed by atoms with Gasteiger partial charge in [-0.15, -0.1) is 11.8 Å². The van der Waals surface area contributed by atoms with Crippen molar-refractivity contribution in [3.63, 3.8) is 0 Å². The Morgan fingerprint density at radius 3 is 2.26 bits per heavy atom. The summed E-state index contributed by atoms with van der Waals surface area (Å²) in [7, 11) is 0. The molecule has 2 saturated heterocycles. The number of carbonyl (C=O) groups is 3. The molecular formula is C40H39F3N2O7S. The second-order valence-corrected chi connectivity index (χ2v) is 14.3. The van der Waals surface area contributed by atoms with Crippen LogP contribution in [0.1, 0.15) is 64.8 Å². The topological polar surface area (TPSA) is 125 Å². The second kappa shape index (κ2) is 16.5. The fourth-order valence-corrected chi connectivity index (χ4v) is 7.73. The van der Waals surface area contributed by atoms with Crippen molar-refractivity contribution in [2.24, 2.45) is 5.92 Å². The fraction of sp³-hybridized carbons (Fsp3) is 0.325. The quantitative estimate of drug-likeness (QED) is 0.137. The van der Waals surface area contributed by atoms with Gasteiger partial charge in [0.15, 0.2) is 6.29 Å². The van der Waals surface area contributed by atoms with E-state index in [0.717, 1.165) is 38.3 Å². The summed E-state index contributed by atoms with van der Waals surface area (Å²) in [5, 5.41) is 21.6. The van der Waals surface area contributed by atoms with Gasteiger partial charge in [-0.1, -0.05) is 67.6 Å². The minimum absolute atomic E-state index is 0.0602. The summed E-state index contributed by atoms with van der Waals surface area (Å²) < 4.78 is 52.5. The van der Waals surface area contributed by atoms with Crippen LogP contribution in [0.25, 0.3) is 11.1 Å². The number of benzene rings is 4. The van der Waals surface area contributed by atoms with Crippen molar-refractivity contribution in [3.8, 4) is 11.1 Å². The van der Waals surface area contributed by atoms with Crippen molar-refractivity contribution in [1.29, 1.82) is 0 Å². The van der Waals surface area contributed by atoms with Gasteiger partial charge >= 0.3 is 18.1 Å². The van der Waals surface area contributed by atoms with E-state index < -0.39 is 36.3 Å². The summed E-state index contributed by atoms with van der Waals surface area (Å²) in [4.78, 5) is 37.5. The van der Waals surface area contributed by atoms with Gasteiger partial charge in [0.25, 0.3) is 0 Å². The third-order valence-electron chi connectivity index (χ3n) is 9.58. The van der Waals surface area contributed by atoms with E-state index in [4.69, 9.17) is 9.47 Å². The van der Waals surface area contributed by atoms with Crippen LogP contribution in [0.4, 0.5) is 13.2 Å². The van der Waals surface area contributed by atoms with E-state index >= 15 is 0 Å². The number of alkyl halides is 3. The average molecular weight is 749 g/mol. The van der Waals surface area contributed by atoms with Crippen LogP contribution < -0.4 is 5.32 Å². The van der Waals surface area contributed by atoms with Gasteiger partial charge in [0.2, 0.25) is 5.91 Å². The number of aliphatic hydroxyl groups excluding tert-OH is 1. The maximum absolute atomic E-state index is 13.1. The molecule has 0 aliphatic carbocycles. The number of ether oxygens (including phenoxy) is 2. The lowest BCUT2D eigenvalue weighted by atomic mass is 9.91. The molecule has 4 aromatic carbocycles. The lowest BCUT2D eigenvalue weighted by Gasteiger charge is -2.41. The number of carboxylic acid groups (broad SMARTS) is 1. The number of nitrogens with one attached hydrogen (secondary N) is 1. The number of rotatable bonds is 11. The van der Waals surface area contributed by atoms with E-state index in [0.29, 0.717) is 17.1 Å². The zero-order valence-corrected chi connectivity index (χ0v) is 29.6. The van der Waals surface area contributed by atoms with Gasteiger partial charge in [-0.3, -0.25) is 9.59 Å². The molecule has 0 spiro atoms. The lowest BCUT2D eigenvalue weighted by Crippen LogP contribution is -2.50. The van der Waals surface area contributed by atoms with Crippen LogP contribution in [0.15, 0.2) is 102 Å². The third kappa shape index (κ3) is 9.10. The largest absolute Gasteiger partial charge is 0.478 e. The summed E-state index contributed by atoms with van der Waals surface area (Å²) in [5.41, 5.74) is 5.14. The monoisotopic (exact) mass is 748 g/mol. The van der Waals surface area contributed by atoms with Crippen molar-refractivity contribution in [1.82, 2.24) is 10.2 Å². The first-order valence-corrected chi connectivity index (χ1v) is 18.2. The molecule has 0 unspecified atom stereocenters. The van der Waals surface area contributed by atoms with E-state index in [9.17, 15) is 37.8 Å². The van der Waals surface area contributed by atoms with Crippen molar-refractivity contribution in [3.05, 3.63) is 125 Å². The van der Waals surface area contributed by atoms with Gasteiger partial charge in [0.1, 0.15) is 6.04 Å². The molecule has 9 nitrogen and oxygen atoms in total. The molecule has 2 aliphatic heterocycles. The highest BCUT2D eigenvalue weighted by Crippen LogP contribution is 2.43. The highest BCUT2D eigenvalue weighted by Gasteiger charge is 2.47. The summed E-state index contributed by atoms with van der Waals surface area (Å²) in [6, 6.07) is 28.3. The van der Waals surface area contributed by atoms with Crippen molar-refractivity contribution < 1.29 is 47.2 Å². The minimum atomic E-state index is -5.04. The SMILES string of the molecule is C[C@@H]1[C@H](CSc2ccc(C(=O)O)cc2)O[C@H](c2cccc(-c3cccc(CNC(=O)[C@@H]4CCCN4C(=O)C(F)(F)F)c3)c2)O[C@@H]1c1ccc(CO)cc1. The van der Waals surface area contributed by atoms with Crippen LogP contribution in [0.3, 0.4) is 0 Å². The maximum Gasteiger partial charge on any atom is 0.471 e. The van der Waals surface area contributed by atoms with Gasteiger partial charge in [0.05, 0.1) is 24.4 Å². The fourth-order valence-electron chi connectivity index (χ4n) is 6.66. The Morgan fingerprint density at radius 1 is 0.887 bits per heavy atom. The van der Waals surface area contributed by atoms with Gasteiger partial charge in [0, 0.05) is 35.2 Å². The Kier molecular flexibility index (Phi) is 11.9. The smallest absolute Gasteiger partial charge is 0.471 e. The molecule has 0 radical (unpaired) electrons. The van der Waals surface area contributed by atoms with Crippen molar-refractivity contribution >= 4 is 29.5 Å². The number of thioether (sulfide) groups is 1. The molecule has 2 heterocycles. The van der Waals surface area contributed by atoms with E-state index in [2.05, 4.69) is 12.2 Å².